The van der Waals surface area contributed by atoms with Gasteiger partial charge in [0, 0.05) is 18.9 Å². The summed E-state index contributed by atoms with van der Waals surface area (Å²) in [6.45, 7) is 12.6. The van der Waals surface area contributed by atoms with E-state index in [1.165, 1.54) is 12.8 Å². The molecule has 0 aliphatic carbocycles. The fourth-order valence-corrected chi connectivity index (χ4v) is 6.38. The van der Waals surface area contributed by atoms with Gasteiger partial charge in [0.05, 0.1) is 17.8 Å². The van der Waals surface area contributed by atoms with E-state index in [0.29, 0.717) is 24.5 Å². The molecule has 0 bridgehead atoms. The van der Waals surface area contributed by atoms with Gasteiger partial charge < -0.3 is 24.2 Å². The maximum Gasteiger partial charge on any atom is 0.376 e. The first-order chi connectivity index (χ1) is 18.0. The summed E-state index contributed by atoms with van der Waals surface area (Å²) in [5, 5.41) is 19.5. The van der Waals surface area contributed by atoms with Crippen molar-refractivity contribution in [2.45, 2.75) is 83.6 Å². The maximum atomic E-state index is 12.2. The molecule has 2 fully saturated rings. The van der Waals surface area contributed by atoms with Crippen molar-refractivity contribution >= 4 is 24.2 Å². The molecule has 2 N–H and O–H groups in total. The third-order valence-corrected chi connectivity index (χ3v) is 9.11. The highest BCUT2D eigenvalue weighted by Crippen LogP contribution is 2.25. The van der Waals surface area contributed by atoms with E-state index in [-0.39, 0.29) is 24.5 Å². The van der Waals surface area contributed by atoms with Gasteiger partial charge in [-0.05, 0) is 95.4 Å². The number of hydrogen-bond donors (Lipinski definition) is 2. The summed E-state index contributed by atoms with van der Waals surface area (Å²) in [6.07, 6.45) is 9.94. The van der Waals surface area contributed by atoms with Crippen LogP contribution in [-0.2, 0) is 20.8 Å². The zero-order valence-corrected chi connectivity index (χ0v) is 24.3. The second-order valence-corrected chi connectivity index (χ2v) is 12.7. The number of imidazole rings is 1. The Hall–Kier alpha value is -1.69. The molecule has 0 amide bonds. The Bertz CT molecular complexity index is 1070. The van der Waals surface area contributed by atoms with Crippen molar-refractivity contribution in [3.63, 3.8) is 0 Å². The molecule has 4 rings (SSSR count). The van der Waals surface area contributed by atoms with Crippen molar-refractivity contribution in [2.24, 2.45) is 11.8 Å². The monoisotopic (exact) mass is 546 g/mol. The fraction of sp³-hybridized carbons (Fsp3) is 0.654. The van der Waals surface area contributed by atoms with Gasteiger partial charge in [-0.25, -0.2) is 4.98 Å². The Morgan fingerprint density at radius 2 is 1.50 bits per heavy atom. The molecular weight excluding hydrogens is 502 g/mol. The van der Waals surface area contributed by atoms with Crippen LogP contribution in [0.2, 0.25) is 13.6 Å². The quantitative estimate of drug-likeness (QED) is 0.385. The van der Waals surface area contributed by atoms with E-state index in [0.717, 1.165) is 31.5 Å². The van der Waals surface area contributed by atoms with Crippen LogP contribution in [0.1, 0.15) is 45.1 Å². The Kier molecular flexibility index (Phi) is 11.4. The molecule has 0 spiro atoms. The molecule has 2 aliphatic rings. The van der Waals surface area contributed by atoms with Crippen molar-refractivity contribution < 1.29 is 22.6 Å². The van der Waals surface area contributed by atoms with Crippen molar-refractivity contribution in [3.8, 4) is 0 Å². The van der Waals surface area contributed by atoms with Gasteiger partial charge in [0.2, 0.25) is 0 Å². The normalized spacial score (nSPS) is 24.9. The minimum absolute atomic E-state index is 0.117. The van der Waals surface area contributed by atoms with Crippen molar-refractivity contribution in [3.05, 3.63) is 48.5 Å². The molecule has 2 saturated heterocycles. The molecule has 4 unspecified atom stereocenters. The molecule has 9 nitrogen and oxygen atoms in total. The molecule has 12 heteroatoms. The van der Waals surface area contributed by atoms with Crippen LogP contribution in [0.25, 0.3) is 0 Å². The lowest BCUT2D eigenvalue weighted by Gasteiger charge is -2.38. The average Bonchev–Trinajstić information content (AvgIpc) is 3.38. The second kappa shape index (κ2) is 14.1. The van der Waals surface area contributed by atoms with Gasteiger partial charge in [0.1, 0.15) is 0 Å². The zero-order valence-electron chi connectivity index (χ0n) is 23.5. The average molecular weight is 546 g/mol. The van der Waals surface area contributed by atoms with E-state index in [9.17, 15) is 18.5 Å². The molecule has 1 aromatic heterocycles. The Balaban J connectivity index is 0.000000221. The van der Waals surface area contributed by atoms with E-state index in [1.807, 2.05) is 37.3 Å². The zero-order chi connectivity index (χ0) is 27.9. The number of rotatable bonds is 8. The van der Waals surface area contributed by atoms with Gasteiger partial charge in [-0.15, -0.1) is 0 Å². The van der Waals surface area contributed by atoms with Crippen LogP contribution in [0.3, 0.4) is 0 Å². The van der Waals surface area contributed by atoms with E-state index in [1.54, 1.807) is 31.1 Å². The minimum Gasteiger partial charge on any atom is -0.437 e. The van der Waals surface area contributed by atoms with Gasteiger partial charge in [-0.2, -0.15) is 8.42 Å². The topological polar surface area (TPSA) is 108 Å². The lowest BCUT2D eigenvalue weighted by molar-refractivity contribution is 0.140. The number of hydrogen-bond acceptors (Lipinski definition) is 8. The van der Waals surface area contributed by atoms with Crippen LogP contribution in [0, 0.1) is 18.8 Å². The summed E-state index contributed by atoms with van der Waals surface area (Å²) in [5.74, 6) is 0.742. The van der Waals surface area contributed by atoms with Crippen LogP contribution in [0.4, 0.5) is 0 Å². The molecule has 0 radical (unpaired) electrons. The predicted octanol–water partition coefficient (Wildman–Crippen LogP) is 3.01. The summed E-state index contributed by atoms with van der Waals surface area (Å²) in [7, 11) is -4.56. The van der Waals surface area contributed by atoms with Gasteiger partial charge in [-0.3, -0.25) is 4.18 Å². The first-order valence-corrected chi connectivity index (χ1v) is 15.2. The molecule has 3 heterocycles. The highest BCUT2D eigenvalue weighted by Gasteiger charge is 2.31. The van der Waals surface area contributed by atoms with Crippen molar-refractivity contribution in [1.29, 1.82) is 0 Å². The Labute approximate surface area is 229 Å². The molecule has 2 aliphatic heterocycles. The summed E-state index contributed by atoms with van der Waals surface area (Å²) in [5.41, 5.74) is 1.01. The number of aromatic nitrogens is 2. The lowest BCUT2D eigenvalue weighted by atomic mass is 9.78. The number of aryl methyl sites for hydroxylation is 1. The lowest BCUT2D eigenvalue weighted by Crippen LogP contribution is -2.50. The van der Waals surface area contributed by atoms with Gasteiger partial charge >= 0.3 is 14.1 Å². The van der Waals surface area contributed by atoms with Crippen LogP contribution in [0.15, 0.2) is 47.9 Å². The van der Waals surface area contributed by atoms with Crippen molar-refractivity contribution in [2.75, 3.05) is 19.7 Å². The summed E-state index contributed by atoms with van der Waals surface area (Å²) in [6, 6.07) is 7.45. The van der Waals surface area contributed by atoms with Gasteiger partial charge in [-0.1, -0.05) is 31.5 Å². The second-order valence-electron chi connectivity index (χ2n) is 11.1. The van der Waals surface area contributed by atoms with E-state index >= 15 is 0 Å². The van der Waals surface area contributed by atoms with Gasteiger partial charge in [0.25, 0.3) is 10.1 Å². The molecule has 38 heavy (non-hydrogen) atoms. The molecule has 4 atom stereocenters. The molecule has 2 aromatic rings. The van der Waals surface area contributed by atoms with E-state index in [4.69, 9.17) is 4.18 Å². The molecular formula is C26H44B2N4O5S. The fourth-order valence-electron chi connectivity index (χ4n) is 5.40. The van der Waals surface area contributed by atoms with Crippen molar-refractivity contribution in [1.82, 2.24) is 19.2 Å². The van der Waals surface area contributed by atoms with Gasteiger partial charge in [0.15, 0.2) is 0 Å². The first kappa shape index (κ1) is 30.8. The number of piperidine rings is 2. The Morgan fingerprint density at radius 3 is 2.03 bits per heavy atom. The summed E-state index contributed by atoms with van der Waals surface area (Å²) in [4.78, 5) is 8.41. The molecule has 0 saturated carbocycles. The highest BCUT2D eigenvalue weighted by atomic mass is 32.2. The number of nitrogens with zero attached hydrogens (tertiary/aromatic N) is 4. The number of benzene rings is 1. The highest BCUT2D eigenvalue weighted by molar-refractivity contribution is 7.86. The van der Waals surface area contributed by atoms with Crippen LogP contribution in [-0.4, -0.2) is 83.5 Å². The minimum atomic E-state index is -3.71. The van der Waals surface area contributed by atoms with Crippen LogP contribution < -0.4 is 0 Å². The first-order valence-electron chi connectivity index (χ1n) is 13.8. The Morgan fingerprint density at radius 1 is 0.947 bits per heavy atom. The standard InChI is InChI=1S/C15H24BNO4S.C11H20BN3O/c1-12-4-8-15(9-5-12)22(19,20)21-11-14-7-6-13(2)17(10-14)16(3)18;1-10-3-4-11(8-15(10)12(2)16)7-14-6-5-13-9-14/h4-5,8-9,13-14,18H,6-7,10-11H2,1-3H3;5-6,9-11,16H,3-4,7-8H2,1-2H3. The smallest absolute Gasteiger partial charge is 0.376 e. The third kappa shape index (κ3) is 8.92. The molecule has 1 aromatic carbocycles. The molecule has 210 valence electrons. The van der Waals surface area contributed by atoms with E-state index in [2.05, 4.69) is 28.2 Å². The SMILES string of the molecule is CB(O)N1CC(COS(=O)(=O)c2ccc(C)cc2)CCC1C.CB(O)N1CC(Cn2ccnc2)CCC1C. The summed E-state index contributed by atoms with van der Waals surface area (Å²) >= 11 is 0. The van der Waals surface area contributed by atoms with Crippen LogP contribution >= 0.6 is 0 Å². The summed E-state index contributed by atoms with van der Waals surface area (Å²) < 4.78 is 31.7. The largest absolute Gasteiger partial charge is 0.437 e. The van der Waals surface area contributed by atoms with E-state index < -0.39 is 17.2 Å². The third-order valence-electron chi connectivity index (χ3n) is 7.81. The predicted molar refractivity (Wildman–Crippen MR) is 152 cm³/mol. The van der Waals surface area contributed by atoms with Crippen LogP contribution in [0.5, 0.6) is 0 Å². The maximum absolute atomic E-state index is 12.2.